The van der Waals surface area contributed by atoms with E-state index in [1.807, 2.05) is 13.8 Å². The molecular formula is C15H29N5. The van der Waals surface area contributed by atoms with Gasteiger partial charge in [0, 0.05) is 18.0 Å². The Morgan fingerprint density at radius 3 is 2.40 bits per heavy atom. The summed E-state index contributed by atoms with van der Waals surface area (Å²) in [6.45, 7) is 8.47. The van der Waals surface area contributed by atoms with Gasteiger partial charge in [0.2, 0.25) is 0 Å². The highest BCUT2D eigenvalue weighted by atomic mass is 15.3. The maximum Gasteiger partial charge on any atom is 0.148 e. The van der Waals surface area contributed by atoms with E-state index >= 15 is 0 Å². The lowest BCUT2D eigenvalue weighted by molar-refractivity contribution is 0.592. The Kier molecular flexibility index (Phi) is 7.30. The van der Waals surface area contributed by atoms with Gasteiger partial charge < -0.3 is 10.7 Å². The van der Waals surface area contributed by atoms with Crippen molar-refractivity contribution in [3.63, 3.8) is 0 Å². The highest BCUT2D eigenvalue weighted by molar-refractivity contribution is 5.57. The number of nitrogens with zero attached hydrogens (tertiary/aromatic N) is 2. The molecule has 5 heteroatoms. The zero-order valence-electron chi connectivity index (χ0n) is 13.3. The van der Waals surface area contributed by atoms with Gasteiger partial charge in [0.1, 0.15) is 17.5 Å². The molecule has 0 fully saturated rings. The van der Waals surface area contributed by atoms with Crippen molar-refractivity contribution in [2.45, 2.75) is 72.3 Å². The number of rotatable bonds is 9. The zero-order chi connectivity index (χ0) is 15.0. The first kappa shape index (κ1) is 16.7. The summed E-state index contributed by atoms with van der Waals surface area (Å²) in [5.41, 5.74) is 3.63. The highest BCUT2D eigenvalue weighted by Gasteiger charge is 2.11. The van der Waals surface area contributed by atoms with Gasteiger partial charge in [-0.25, -0.2) is 15.8 Å². The van der Waals surface area contributed by atoms with Crippen molar-refractivity contribution in [3.8, 4) is 0 Å². The third kappa shape index (κ3) is 4.96. The van der Waals surface area contributed by atoms with E-state index in [2.05, 4.69) is 34.6 Å². The first-order chi connectivity index (χ1) is 9.62. The van der Waals surface area contributed by atoms with Crippen molar-refractivity contribution in [1.82, 2.24) is 9.97 Å². The number of aromatic nitrogens is 2. The summed E-state index contributed by atoms with van der Waals surface area (Å²) >= 11 is 0. The molecule has 1 heterocycles. The SMILES string of the molecule is CCCCCCC(C)Nc1nc(CC)nc(NN)c1C. The quantitative estimate of drug-likeness (QED) is 0.367. The summed E-state index contributed by atoms with van der Waals surface area (Å²) < 4.78 is 0. The summed E-state index contributed by atoms with van der Waals surface area (Å²) in [4.78, 5) is 8.94. The number of hydrazine groups is 1. The fourth-order valence-corrected chi connectivity index (χ4v) is 2.19. The lowest BCUT2D eigenvalue weighted by Crippen LogP contribution is -2.20. The summed E-state index contributed by atoms with van der Waals surface area (Å²) in [5.74, 6) is 7.93. The Labute approximate surface area is 122 Å². The molecule has 0 radical (unpaired) electrons. The van der Waals surface area contributed by atoms with Crippen LogP contribution in [0.1, 0.15) is 64.3 Å². The lowest BCUT2D eigenvalue weighted by Gasteiger charge is -2.18. The second-order valence-electron chi connectivity index (χ2n) is 5.35. The molecule has 0 spiro atoms. The zero-order valence-corrected chi connectivity index (χ0v) is 13.3. The van der Waals surface area contributed by atoms with Crippen LogP contribution in [0.25, 0.3) is 0 Å². The molecule has 1 aromatic heterocycles. The Morgan fingerprint density at radius 2 is 1.80 bits per heavy atom. The number of unbranched alkanes of at least 4 members (excludes halogenated alkanes) is 3. The normalized spacial score (nSPS) is 12.2. The molecule has 0 aliphatic rings. The van der Waals surface area contributed by atoms with Crippen LogP contribution < -0.4 is 16.6 Å². The third-order valence-electron chi connectivity index (χ3n) is 3.52. The van der Waals surface area contributed by atoms with Crippen LogP contribution in [0.2, 0.25) is 0 Å². The van der Waals surface area contributed by atoms with Gasteiger partial charge in [0.25, 0.3) is 0 Å². The van der Waals surface area contributed by atoms with E-state index in [0.717, 1.165) is 30.0 Å². The molecular weight excluding hydrogens is 250 g/mol. The van der Waals surface area contributed by atoms with E-state index < -0.39 is 0 Å². The van der Waals surface area contributed by atoms with Crippen molar-refractivity contribution < 1.29 is 0 Å². The molecule has 0 aliphatic heterocycles. The first-order valence-electron chi connectivity index (χ1n) is 7.73. The highest BCUT2D eigenvalue weighted by Crippen LogP contribution is 2.21. The van der Waals surface area contributed by atoms with Crippen LogP contribution in [0.15, 0.2) is 0 Å². The average Bonchev–Trinajstić information content (AvgIpc) is 2.45. The molecule has 114 valence electrons. The molecule has 0 bridgehead atoms. The van der Waals surface area contributed by atoms with E-state index in [4.69, 9.17) is 5.84 Å². The monoisotopic (exact) mass is 279 g/mol. The summed E-state index contributed by atoms with van der Waals surface area (Å²) in [6, 6.07) is 0.413. The van der Waals surface area contributed by atoms with Crippen LogP contribution in [0.5, 0.6) is 0 Å². The van der Waals surface area contributed by atoms with E-state index in [1.54, 1.807) is 0 Å². The molecule has 0 aromatic carbocycles. The van der Waals surface area contributed by atoms with Crippen LogP contribution in [0.3, 0.4) is 0 Å². The van der Waals surface area contributed by atoms with Gasteiger partial charge in [-0.1, -0.05) is 39.5 Å². The van der Waals surface area contributed by atoms with Crippen molar-refractivity contribution in [1.29, 1.82) is 0 Å². The molecule has 5 nitrogen and oxygen atoms in total. The number of anilines is 2. The molecule has 1 atom stereocenters. The summed E-state index contributed by atoms with van der Waals surface area (Å²) in [5, 5.41) is 3.49. The minimum absolute atomic E-state index is 0.413. The number of hydrogen-bond donors (Lipinski definition) is 3. The van der Waals surface area contributed by atoms with Gasteiger partial charge in [-0.15, -0.1) is 0 Å². The topological polar surface area (TPSA) is 75.9 Å². The van der Waals surface area contributed by atoms with Gasteiger partial charge in [-0.05, 0) is 20.3 Å². The van der Waals surface area contributed by atoms with Gasteiger partial charge in [0.15, 0.2) is 0 Å². The molecule has 1 unspecified atom stereocenters. The molecule has 0 saturated carbocycles. The van der Waals surface area contributed by atoms with Crippen LogP contribution in [0, 0.1) is 6.92 Å². The smallest absolute Gasteiger partial charge is 0.148 e. The Hall–Kier alpha value is -1.36. The number of nitrogen functional groups attached to an aromatic ring is 1. The largest absolute Gasteiger partial charge is 0.367 e. The van der Waals surface area contributed by atoms with Gasteiger partial charge >= 0.3 is 0 Å². The maximum atomic E-state index is 5.52. The molecule has 4 N–H and O–H groups in total. The van der Waals surface area contributed by atoms with E-state index in [-0.39, 0.29) is 0 Å². The van der Waals surface area contributed by atoms with Crippen LogP contribution in [0.4, 0.5) is 11.6 Å². The predicted molar refractivity (Wildman–Crippen MR) is 85.8 cm³/mol. The van der Waals surface area contributed by atoms with Crippen molar-refractivity contribution in [3.05, 3.63) is 11.4 Å². The minimum atomic E-state index is 0.413. The average molecular weight is 279 g/mol. The Bertz CT molecular complexity index is 405. The lowest BCUT2D eigenvalue weighted by atomic mass is 10.1. The summed E-state index contributed by atoms with van der Waals surface area (Å²) in [6.07, 6.45) is 7.12. The minimum Gasteiger partial charge on any atom is -0.367 e. The van der Waals surface area contributed by atoms with E-state index in [0.29, 0.717) is 11.9 Å². The number of nitrogens with one attached hydrogen (secondary N) is 2. The standard InChI is InChI=1S/C15H29N5/c1-5-7-8-9-10-11(3)17-14-12(4)15(20-16)19-13(6-2)18-14/h11H,5-10,16H2,1-4H3,(H2,17,18,19,20). The Morgan fingerprint density at radius 1 is 1.10 bits per heavy atom. The maximum absolute atomic E-state index is 5.52. The molecule has 1 aromatic rings. The molecule has 0 amide bonds. The van der Waals surface area contributed by atoms with Crippen molar-refractivity contribution in [2.24, 2.45) is 5.84 Å². The van der Waals surface area contributed by atoms with E-state index in [1.165, 1.54) is 25.7 Å². The first-order valence-corrected chi connectivity index (χ1v) is 7.73. The molecule has 0 aliphatic carbocycles. The van der Waals surface area contributed by atoms with Gasteiger partial charge in [-0.3, -0.25) is 0 Å². The summed E-state index contributed by atoms with van der Waals surface area (Å²) in [7, 11) is 0. The molecule has 0 saturated heterocycles. The second-order valence-corrected chi connectivity index (χ2v) is 5.35. The van der Waals surface area contributed by atoms with Crippen LogP contribution in [-0.2, 0) is 6.42 Å². The second kappa shape index (κ2) is 8.74. The van der Waals surface area contributed by atoms with Gasteiger partial charge in [-0.2, -0.15) is 0 Å². The number of nitrogens with two attached hydrogens (primary N) is 1. The fraction of sp³-hybridized carbons (Fsp3) is 0.733. The number of aryl methyl sites for hydroxylation is 1. The van der Waals surface area contributed by atoms with Crippen molar-refractivity contribution in [2.75, 3.05) is 10.7 Å². The van der Waals surface area contributed by atoms with Crippen LogP contribution >= 0.6 is 0 Å². The predicted octanol–water partition coefficient (Wildman–Crippen LogP) is 3.40. The van der Waals surface area contributed by atoms with Crippen LogP contribution in [-0.4, -0.2) is 16.0 Å². The van der Waals surface area contributed by atoms with Crippen molar-refractivity contribution >= 4 is 11.6 Å². The van der Waals surface area contributed by atoms with Gasteiger partial charge in [0.05, 0.1) is 0 Å². The molecule has 20 heavy (non-hydrogen) atoms. The fourth-order valence-electron chi connectivity index (χ4n) is 2.19. The van der Waals surface area contributed by atoms with E-state index in [9.17, 15) is 0 Å². The molecule has 1 rings (SSSR count). The third-order valence-corrected chi connectivity index (χ3v) is 3.52. The number of hydrogen-bond acceptors (Lipinski definition) is 5. The Balaban J connectivity index is 2.65.